The summed E-state index contributed by atoms with van der Waals surface area (Å²) >= 11 is 0. The predicted molar refractivity (Wildman–Crippen MR) is 92.5 cm³/mol. The summed E-state index contributed by atoms with van der Waals surface area (Å²) in [4.78, 5) is 8.32. The van der Waals surface area contributed by atoms with E-state index < -0.39 is 17.6 Å². The highest BCUT2D eigenvalue weighted by atomic mass is 19.4. The summed E-state index contributed by atoms with van der Waals surface area (Å²) in [5.41, 5.74) is 5.41. The van der Waals surface area contributed by atoms with E-state index in [2.05, 4.69) is 14.5 Å². The van der Waals surface area contributed by atoms with Gasteiger partial charge in [0.25, 0.3) is 0 Å². The highest BCUT2D eigenvalue weighted by Gasteiger charge is 2.89. The maximum Gasteiger partial charge on any atom is 0.419 e. The number of rotatable bonds is 4. The highest BCUT2D eigenvalue weighted by Crippen LogP contribution is 2.90. The second kappa shape index (κ2) is 5.04. The average molecular weight is 378 g/mol. The van der Waals surface area contributed by atoms with Gasteiger partial charge in [0.05, 0.1) is 17.4 Å². The van der Waals surface area contributed by atoms with Crippen LogP contribution in [0.3, 0.4) is 0 Å². The van der Waals surface area contributed by atoms with Crippen LogP contribution in [0.2, 0.25) is 0 Å². The van der Waals surface area contributed by atoms with Crippen LogP contribution in [-0.4, -0.2) is 25.7 Å². The van der Waals surface area contributed by atoms with Crippen molar-refractivity contribution in [2.24, 2.45) is 23.2 Å². The summed E-state index contributed by atoms with van der Waals surface area (Å²) in [6.45, 7) is 4.80. The molecule has 2 aromatic heterocycles. The van der Waals surface area contributed by atoms with Crippen LogP contribution in [0, 0.1) is 23.2 Å². The van der Waals surface area contributed by atoms with Gasteiger partial charge in [-0.1, -0.05) is 13.8 Å². The summed E-state index contributed by atoms with van der Waals surface area (Å²) in [5.74, 6) is 2.16. The molecule has 5 nitrogen and oxygen atoms in total. The molecule has 2 aromatic rings. The summed E-state index contributed by atoms with van der Waals surface area (Å²) in [5, 5.41) is 10.0. The number of nitrogen functional groups attached to an aromatic ring is 1. The van der Waals surface area contributed by atoms with E-state index in [-0.39, 0.29) is 17.4 Å². The number of hydrogen-bond acceptors (Lipinski definition) is 4. The maximum atomic E-state index is 13.2. The Bertz CT molecular complexity index is 926. The van der Waals surface area contributed by atoms with Gasteiger partial charge in [0, 0.05) is 30.4 Å². The molecule has 4 aliphatic carbocycles. The number of aliphatic hydroxyl groups excluding tert-OH is 1. The van der Waals surface area contributed by atoms with Gasteiger partial charge in [0.15, 0.2) is 0 Å². The number of nitrogens with zero attached hydrogens (tertiary/aromatic N) is 3. The topological polar surface area (TPSA) is 77.0 Å². The van der Waals surface area contributed by atoms with Gasteiger partial charge in [-0.25, -0.2) is 9.97 Å². The third-order valence-corrected chi connectivity index (χ3v) is 6.64. The van der Waals surface area contributed by atoms with Crippen molar-refractivity contribution < 1.29 is 18.3 Å². The lowest BCUT2D eigenvalue weighted by molar-refractivity contribution is -0.137. The Morgan fingerprint density at radius 2 is 2.07 bits per heavy atom. The van der Waals surface area contributed by atoms with Crippen molar-refractivity contribution in [3.05, 3.63) is 29.8 Å². The van der Waals surface area contributed by atoms with E-state index in [1.165, 1.54) is 6.20 Å². The SMILES string of the molecule is CC(C)c1nc(-c2cnc(N)c(C(F)(F)F)c2)cn1CC12CC(O)C3C1[C@@H]32. The average Bonchev–Trinajstić information content (AvgIpc) is 3.32. The minimum absolute atomic E-state index is 0.135. The van der Waals surface area contributed by atoms with E-state index in [0.717, 1.165) is 24.9 Å². The van der Waals surface area contributed by atoms with Crippen LogP contribution >= 0.6 is 0 Å². The molecule has 0 radical (unpaired) electrons. The number of halogens is 3. The van der Waals surface area contributed by atoms with Crippen molar-refractivity contribution in [2.45, 2.75) is 45.0 Å². The van der Waals surface area contributed by atoms with Crippen LogP contribution in [0.1, 0.15) is 37.6 Å². The Kier molecular flexibility index (Phi) is 3.18. The highest BCUT2D eigenvalue weighted by molar-refractivity contribution is 5.62. The number of nitrogens with two attached hydrogens (primary N) is 1. The van der Waals surface area contributed by atoms with Crippen LogP contribution < -0.4 is 5.73 Å². The van der Waals surface area contributed by atoms with E-state index in [4.69, 9.17) is 5.73 Å². The molecule has 144 valence electrons. The standard InChI is InChI=1S/C19H21F3N4O/c1-8(2)17-25-11(9-3-10(19(20,21)22)16(23)24-5-9)6-26(17)7-18-4-12(27)13-14(18)15(13)18/h3,5-6,8,12-15,27H,4,7H2,1-2H3,(H2,23,24)/t12?,13?,14-,15?,18?/m1/s1. The van der Waals surface area contributed by atoms with E-state index in [0.29, 0.717) is 29.0 Å². The first-order valence-electron chi connectivity index (χ1n) is 9.21. The molecule has 4 unspecified atom stereocenters. The van der Waals surface area contributed by atoms with Crippen molar-refractivity contribution in [3.63, 3.8) is 0 Å². The van der Waals surface area contributed by atoms with Crippen LogP contribution in [0.15, 0.2) is 18.5 Å². The van der Waals surface area contributed by atoms with Gasteiger partial charge in [-0.2, -0.15) is 13.2 Å². The fraction of sp³-hybridized carbons (Fsp3) is 0.579. The molecule has 0 saturated heterocycles. The number of pyridine rings is 1. The Balaban J connectivity index is 1.50. The van der Waals surface area contributed by atoms with Crippen LogP contribution in [-0.2, 0) is 12.7 Å². The van der Waals surface area contributed by atoms with Crippen LogP contribution in [0.25, 0.3) is 11.3 Å². The largest absolute Gasteiger partial charge is 0.419 e. The molecule has 8 heteroatoms. The summed E-state index contributed by atoms with van der Waals surface area (Å²) in [6.07, 6.45) is -0.779. The minimum atomic E-state index is -4.56. The molecule has 4 aliphatic rings. The Morgan fingerprint density at radius 3 is 2.63 bits per heavy atom. The molecule has 0 amide bonds. The van der Waals surface area contributed by atoms with Gasteiger partial charge in [-0.05, 0) is 35.7 Å². The van der Waals surface area contributed by atoms with Gasteiger partial charge in [0.1, 0.15) is 11.6 Å². The van der Waals surface area contributed by atoms with Gasteiger partial charge < -0.3 is 15.4 Å². The number of fused-ring (bicyclic) bond motifs is 1. The first-order chi connectivity index (χ1) is 12.6. The second-order valence-electron chi connectivity index (χ2n) is 8.56. The molecule has 4 fully saturated rings. The monoisotopic (exact) mass is 378 g/mol. The Morgan fingerprint density at radius 1 is 1.37 bits per heavy atom. The van der Waals surface area contributed by atoms with Gasteiger partial charge >= 0.3 is 6.18 Å². The number of aromatic nitrogens is 3. The molecule has 6 rings (SSSR count). The number of aliphatic hydroxyl groups is 1. The van der Waals surface area contributed by atoms with Crippen LogP contribution in [0.5, 0.6) is 0 Å². The zero-order valence-corrected chi connectivity index (χ0v) is 15.0. The fourth-order valence-corrected chi connectivity index (χ4v) is 5.41. The molecule has 0 spiro atoms. The zero-order valence-electron chi connectivity index (χ0n) is 15.0. The lowest BCUT2D eigenvalue weighted by atomic mass is 9.97. The summed E-state index contributed by atoms with van der Waals surface area (Å²) < 4.78 is 41.5. The first kappa shape index (κ1) is 17.0. The molecular weight excluding hydrogens is 357 g/mol. The van der Waals surface area contributed by atoms with Crippen molar-refractivity contribution in [1.29, 1.82) is 0 Å². The number of imidazole rings is 1. The molecular formula is C19H21F3N4O. The third kappa shape index (κ3) is 2.28. The Labute approximate surface area is 154 Å². The molecule has 3 N–H and O–H groups in total. The fourth-order valence-electron chi connectivity index (χ4n) is 5.41. The molecule has 4 saturated carbocycles. The maximum absolute atomic E-state index is 13.2. The smallest absolute Gasteiger partial charge is 0.393 e. The Hall–Kier alpha value is -2.09. The predicted octanol–water partition coefficient (Wildman–Crippen LogP) is 3.30. The zero-order chi connectivity index (χ0) is 19.3. The first-order valence-corrected chi connectivity index (χ1v) is 9.21. The lowest BCUT2D eigenvalue weighted by Gasteiger charge is -2.19. The number of hydrogen-bond donors (Lipinski definition) is 2. The second-order valence-corrected chi connectivity index (χ2v) is 8.56. The normalized spacial score (nSPS) is 33.4. The van der Waals surface area contributed by atoms with Crippen molar-refractivity contribution in [3.8, 4) is 11.3 Å². The van der Waals surface area contributed by atoms with Gasteiger partial charge in [-0.3, -0.25) is 0 Å². The number of anilines is 1. The summed E-state index contributed by atoms with van der Waals surface area (Å²) in [6, 6.07) is 1.02. The van der Waals surface area contributed by atoms with Crippen molar-refractivity contribution in [1.82, 2.24) is 14.5 Å². The van der Waals surface area contributed by atoms with Crippen molar-refractivity contribution in [2.75, 3.05) is 5.73 Å². The van der Waals surface area contributed by atoms with Crippen molar-refractivity contribution >= 4 is 5.82 Å². The van der Waals surface area contributed by atoms with Gasteiger partial charge in [0.2, 0.25) is 0 Å². The molecule has 27 heavy (non-hydrogen) atoms. The van der Waals surface area contributed by atoms with E-state index >= 15 is 0 Å². The summed E-state index contributed by atoms with van der Waals surface area (Å²) in [7, 11) is 0. The quantitative estimate of drug-likeness (QED) is 0.856. The minimum Gasteiger partial charge on any atom is -0.393 e. The molecule has 0 aliphatic heterocycles. The van der Waals surface area contributed by atoms with Crippen LogP contribution in [0.4, 0.5) is 19.0 Å². The van der Waals surface area contributed by atoms with E-state index in [9.17, 15) is 18.3 Å². The molecule has 0 aromatic carbocycles. The number of alkyl halides is 3. The third-order valence-electron chi connectivity index (χ3n) is 6.64. The van der Waals surface area contributed by atoms with Gasteiger partial charge in [-0.15, -0.1) is 0 Å². The molecule has 5 atom stereocenters. The molecule has 2 bridgehead atoms. The van der Waals surface area contributed by atoms with E-state index in [1.54, 1.807) is 0 Å². The lowest BCUT2D eigenvalue weighted by Crippen LogP contribution is -2.18. The molecule has 2 heterocycles. The van der Waals surface area contributed by atoms with E-state index in [1.807, 2.05) is 20.0 Å².